The van der Waals surface area contributed by atoms with Crippen LogP contribution in [-0.2, 0) is 0 Å². The molecule has 0 aliphatic heterocycles. The smallest absolute Gasteiger partial charge is 0.212 e. The number of fused-ring (bicyclic) bond motifs is 1. The van der Waals surface area contributed by atoms with Gasteiger partial charge in [-0.25, -0.2) is 9.50 Å². The number of aryl methyl sites for hydroxylation is 1. The van der Waals surface area contributed by atoms with Crippen LogP contribution >= 0.6 is 22.7 Å². The van der Waals surface area contributed by atoms with E-state index in [1.165, 1.54) is 9.75 Å². The van der Waals surface area contributed by atoms with E-state index in [2.05, 4.69) is 29.1 Å². The number of thiophene rings is 1. The van der Waals surface area contributed by atoms with Gasteiger partial charge in [-0.3, -0.25) is 0 Å². The summed E-state index contributed by atoms with van der Waals surface area (Å²) in [6.45, 7) is 2.10. The van der Waals surface area contributed by atoms with Crippen molar-refractivity contribution in [2.45, 2.75) is 6.92 Å². The molecule has 14 heavy (non-hydrogen) atoms. The third kappa shape index (κ3) is 1.17. The quantitative estimate of drug-likeness (QED) is 0.632. The molecule has 0 aliphatic rings. The summed E-state index contributed by atoms with van der Waals surface area (Å²) in [4.78, 5) is 7.95. The molecule has 5 heteroatoms. The lowest BCUT2D eigenvalue weighted by atomic mass is 10.4. The van der Waals surface area contributed by atoms with Gasteiger partial charge >= 0.3 is 0 Å². The third-order valence-electron chi connectivity index (χ3n) is 1.98. The molecule has 0 saturated heterocycles. The molecule has 0 bridgehead atoms. The van der Waals surface area contributed by atoms with E-state index in [0.717, 1.165) is 10.7 Å². The highest BCUT2D eigenvalue weighted by Crippen LogP contribution is 2.27. The average Bonchev–Trinajstić information content (AvgIpc) is 2.75. The molecule has 0 N–H and O–H groups in total. The Morgan fingerprint density at radius 3 is 3.00 bits per heavy atom. The van der Waals surface area contributed by atoms with Gasteiger partial charge in [0.15, 0.2) is 0 Å². The summed E-state index contributed by atoms with van der Waals surface area (Å²) in [7, 11) is 0. The summed E-state index contributed by atoms with van der Waals surface area (Å²) < 4.78 is 1.81. The lowest BCUT2D eigenvalue weighted by Gasteiger charge is -1.85. The van der Waals surface area contributed by atoms with E-state index in [1.807, 2.05) is 10.7 Å². The maximum Gasteiger partial charge on any atom is 0.212 e. The van der Waals surface area contributed by atoms with Crippen LogP contribution in [0.25, 0.3) is 15.5 Å². The van der Waals surface area contributed by atoms with Crippen LogP contribution in [0, 0.1) is 6.92 Å². The second-order valence-electron chi connectivity index (χ2n) is 3.00. The Bertz CT molecular complexity index is 547. The highest BCUT2D eigenvalue weighted by atomic mass is 32.1. The molecule has 0 aliphatic carbocycles. The first-order valence-corrected chi connectivity index (χ1v) is 5.88. The van der Waals surface area contributed by atoms with Crippen molar-refractivity contribution in [2.24, 2.45) is 0 Å². The van der Waals surface area contributed by atoms with Crippen LogP contribution in [0.3, 0.4) is 0 Å². The van der Waals surface area contributed by atoms with Crippen molar-refractivity contribution < 1.29 is 0 Å². The fraction of sp³-hybridized carbons (Fsp3) is 0.111. The molecule has 70 valence electrons. The molecular formula is C9H7N3S2. The topological polar surface area (TPSA) is 30.2 Å². The molecule has 3 aromatic rings. The summed E-state index contributed by atoms with van der Waals surface area (Å²) in [6, 6.07) is 4.22. The number of nitrogens with zero attached hydrogens (tertiary/aromatic N) is 3. The molecular weight excluding hydrogens is 214 g/mol. The first kappa shape index (κ1) is 8.14. The maximum atomic E-state index is 4.49. The predicted molar refractivity (Wildman–Crippen MR) is 58.9 cm³/mol. The van der Waals surface area contributed by atoms with E-state index in [9.17, 15) is 0 Å². The molecule has 3 aromatic heterocycles. The SMILES string of the molecule is Cc1ccc(-c2cn3ncsc3n2)s1. The molecule has 0 unspecified atom stereocenters. The Morgan fingerprint density at radius 1 is 1.36 bits per heavy atom. The van der Waals surface area contributed by atoms with Crippen molar-refractivity contribution in [3.05, 3.63) is 28.7 Å². The first-order valence-electron chi connectivity index (χ1n) is 4.18. The van der Waals surface area contributed by atoms with Crippen molar-refractivity contribution in [3.8, 4) is 10.6 Å². The van der Waals surface area contributed by atoms with Crippen LogP contribution in [0.1, 0.15) is 4.88 Å². The summed E-state index contributed by atoms with van der Waals surface area (Å²) in [5.41, 5.74) is 2.81. The Kier molecular flexibility index (Phi) is 1.68. The van der Waals surface area contributed by atoms with Crippen LogP contribution in [-0.4, -0.2) is 14.6 Å². The summed E-state index contributed by atoms with van der Waals surface area (Å²) in [6.07, 6.45) is 1.97. The van der Waals surface area contributed by atoms with Gasteiger partial charge in [-0.1, -0.05) is 11.3 Å². The largest absolute Gasteiger partial charge is 0.217 e. The maximum absolute atomic E-state index is 4.49. The minimum absolute atomic E-state index is 0.950. The fourth-order valence-corrected chi connectivity index (χ4v) is 2.75. The zero-order valence-corrected chi connectivity index (χ0v) is 9.10. The Morgan fingerprint density at radius 2 is 2.29 bits per heavy atom. The predicted octanol–water partition coefficient (Wildman–Crippen LogP) is 2.83. The molecule has 0 radical (unpaired) electrons. The average molecular weight is 221 g/mol. The van der Waals surface area contributed by atoms with Crippen molar-refractivity contribution in [2.75, 3.05) is 0 Å². The van der Waals surface area contributed by atoms with E-state index in [0.29, 0.717) is 0 Å². The standard InChI is InChI=1S/C9H7N3S2/c1-6-2-3-8(14-6)7-4-12-9(11-7)13-5-10-12/h2-5H,1H3. The zero-order chi connectivity index (χ0) is 9.54. The van der Waals surface area contributed by atoms with Gasteiger partial charge in [0, 0.05) is 4.88 Å². The van der Waals surface area contributed by atoms with E-state index < -0.39 is 0 Å². The second kappa shape index (κ2) is 2.90. The van der Waals surface area contributed by atoms with E-state index in [-0.39, 0.29) is 0 Å². The Labute approximate surface area is 88.7 Å². The molecule has 3 heterocycles. The number of hydrogen-bond acceptors (Lipinski definition) is 4. The molecule has 0 spiro atoms. The van der Waals surface area contributed by atoms with Gasteiger partial charge in [0.05, 0.1) is 11.1 Å². The highest BCUT2D eigenvalue weighted by molar-refractivity contribution is 7.15. The molecule has 0 amide bonds. The lowest BCUT2D eigenvalue weighted by molar-refractivity contribution is 0.974. The summed E-state index contributed by atoms with van der Waals surface area (Å²) >= 11 is 3.32. The van der Waals surface area contributed by atoms with E-state index in [4.69, 9.17) is 0 Å². The van der Waals surface area contributed by atoms with Crippen LogP contribution in [0.2, 0.25) is 0 Å². The molecule has 3 nitrogen and oxygen atoms in total. The normalized spacial score (nSPS) is 11.2. The first-order chi connectivity index (χ1) is 6.83. The third-order valence-corrected chi connectivity index (χ3v) is 3.69. The van der Waals surface area contributed by atoms with Crippen LogP contribution in [0.5, 0.6) is 0 Å². The fourth-order valence-electron chi connectivity index (χ4n) is 1.33. The minimum atomic E-state index is 0.950. The molecule has 3 rings (SSSR count). The van der Waals surface area contributed by atoms with Crippen LogP contribution in [0.4, 0.5) is 0 Å². The number of aromatic nitrogens is 3. The van der Waals surface area contributed by atoms with Crippen LogP contribution < -0.4 is 0 Å². The van der Waals surface area contributed by atoms with Gasteiger partial charge < -0.3 is 0 Å². The van der Waals surface area contributed by atoms with Crippen molar-refractivity contribution in [3.63, 3.8) is 0 Å². The summed E-state index contributed by atoms with van der Waals surface area (Å²) in [5, 5.41) is 4.15. The number of rotatable bonds is 1. The highest BCUT2D eigenvalue weighted by Gasteiger charge is 2.07. The van der Waals surface area contributed by atoms with Crippen molar-refractivity contribution in [1.29, 1.82) is 0 Å². The van der Waals surface area contributed by atoms with E-state index >= 15 is 0 Å². The van der Waals surface area contributed by atoms with Crippen molar-refractivity contribution in [1.82, 2.24) is 14.6 Å². The van der Waals surface area contributed by atoms with Gasteiger partial charge in [0.25, 0.3) is 0 Å². The van der Waals surface area contributed by atoms with Crippen LogP contribution in [0.15, 0.2) is 23.8 Å². The van der Waals surface area contributed by atoms with E-state index in [1.54, 1.807) is 28.2 Å². The van der Waals surface area contributed by atoms with Gasteiger partial charge in [0.2, 0.25) is 4.96 Å². The second-order valence-corrected chi connectivity index (χ2v) is 5.10. The van der Waals surface area contributed by atoms with Gasteiger partial charge in [-0.15, -0.1) is 11.3 Å². The van der Waals surface area contributed by atoms with Gasteiger partial charge in [-0.2, -0.15) is 5.10 Å². The number of hydrogen-bond donors (Lipinski definition) is 0. The van der Waals surface area contributed by atoms with Gasteiger partial charge in [-0.05, 0) is 19.1 Å². The summed E-state index contributed by atoms with van der Waals surface area (Å²) in [5.74, 6) is 0. The minimum Gasteiger partial charge on any atom is -0.217 e. The lowest BCUT2D eigenvalue weighted by Crippen LogP contribution is -1.75. The Hall–Kier alpha value is -1.20. The van der Waals surface area contributed by atoms with Crippen molar-refractivity contribution >= 4 is 27.6 Å². The Balaban J connectivity index is 2.18. The van der Waals surface area contributed by atoms with Gasteiger partial charge in [0.1, 0.15) is 11.2 Å². The number of imidazole rings is 1. The molecule has 0 aromatic carbocycles. The zero-order valence-electron chi connectivity index (χ0n) is 7.47. The molecule has 0 atom stereocenters. The monoisotopic (exact) mass is 221 g/mol. The molecule has 0 fully saturated rings. The molecule has 0 saturated carbocycles.